The van der Waals surface area contributed by atoms with Crippen molar-refractivity contribution in [2.45, 2.75) is 52.5 Å². The molecule has 0 aliphatic carbocycles. The summed E-state index contributed by atoms with van der Waals surface area (Å²) in [7, 11) is 0. The van der Waals surface area contributed by atoms with Crippen molar-refractivity contribution in [3.05, 3.63) is 30.1 Å². The van der Waals surface area contributed by atoms with E-state index >= 15 is 0 Å². The van der Waals surface area contributed by atoms with Crippen LogP contribution in [0.3, 0.4) is 0 Å². The number of aromatic nitrogens is 1. The van der Waals surface area contributed by atoms with Crippen molar-refractivity contribution in [1.82, 2.24) is 0 Å². The van der Waals surface area contributed by atoms with Crippen molar-refractivity contribution in [2.24, 2.45) is 0 Å². The van der Waals surface area contributed by atoms with Crippen molar-refractivity contribution < 1.29 is 17.0 Å². The van der Waals surface area contributed by atoms with E-state index in [1.165, 1.54) is 44.3 Å². The van der Waals surface area contributed by atoms with Gasteiger partial charge in [-0.3, -0.25) is 0 Å². The van der Waals surface area contributed by atoms with E-state index in [1.54, 1.807) is 0 Å². The highest BCUT2D eigenvalue weighted by molar-refractivity contribution is 4.97. The van der Waals surface area contributed by atoms with Crippen LogP contribution in [-0.4, -0.2) is 0 Å². The maximum Gasteiger partial charge on any atom is 0.181 e. The van der Waals surface area contributed by atoms with Gasteiger partial charge in [0.1, 0.15) is 6.54 Å². The molecule has 0 N–H and O–H groups in total. The number of pyridine rings is 1. The molecule has 0 bridgehead atoms. The van der Waals surface area contributed by atoms with Gasteiger partial charge in [-0.1, -0.05) is 32.8 Å². The van der Waals surface area contributed by atoms with Crippen LogP contribution in [0.1, 0.15) is 45.2 Å². The molecule has 0 atom stereocenters. The minimum Gasteiger partial charge on any atom is -1.00 e. The summed E-state index contributed by atoms with van der Waals surface area (Å²) in [5.74, 6) is 0. The van der Waals surface area contributed by atoms with Crippen molar-refractivity contribution >= 4 is 0 Å². The maximum absolute atomic E-state index is 2.40. The van der Waals surface area contributed by atoms with Gasteiger partial charge < -0.3 is 12.4 Å². The largest absolute Gasteiger partial charge is 1.00 e. The molecule has 1 aromatic rings. The van der Waals surface area contributed by atoms with Crippen molar-refractivity contribution in [1.29, 1.82) is 0 Å². The van der Waals surface area contributed by atoms with E-state index in [-0.39, 0.29) is 12.4 Å². The third-order valence-electron chi connectivity index (χ3n) is 2.57. The summed E-state index contributed by atoms with van der Waals surface area (Å²) in [6, 6.07) is 6.53. The van der Waals surface area contributed by atoms with Crippen LogP contribution in [0.2, 0.25) is 0 Å². The second-order valence-electron chi connectivity index (χ2n) is 3.84. The van der Waals surface area contributed by atoms with Gasteiger partial charge in [-0.2, -0.15) is 0 Å². The third-order valence-corrected chi connectivity index (χ3v) is 2.57. The van der Waals surface area contributed by atoms with E-state index in [0.29, 0.717) is 0 Å². The summed E-state index contributed by atoms with van der Waals surface area (Å²) in [4.78, 5) is 0. The molecule has 15 heavy (non-hydrogen) atoms. The zero-order chi connectivity index (χ0) is 10.2. The van der Waals surface area contributed by atoms with Crippen molar-refractivity contribution in [3.8, 4) is 0 Å². The molecule has 0 radical (unpaired) electrons. The Kier molecular flexibility index (Phi) is 8.40. The third kappa shape index (κ3) is 5.17. The van der Waals surface area contributed by atoms with Gasteiger partial charge in [0.25, 0.3) is 0 Å². The molecule has 0 spiro atoms. The van der Waals surface area contributed by atoms with Crippen LogP contribution < -0.4 is 17.0 Å². The first-order valence-electron chi connectivity index (χ1n) is 5.85. The Morgan fingerprint density at radius 3 is 2.47 bits per heavy atom. The van der Waals surface area contributed by atoms with E-state index in [0.717, 1.165) is 0 Å². The summed E-state index contributed by atoms with van der Waals surface area (Å²) >= 11 is 0. The normalized spacial score (nSPS) is 9.73. The second-order valence-corrected chi connectivity index (χ2v) is 3.84. The van der Waals surface area contributed by atoms with Gasteiger partial charge in [0.2, 0.25) is 0 Å². The molecule has 0 aliphatic heterocycles. The summed E-state index contributed by atoms with van der Waals surface area (Å²) in [6.45, 7) is 5.67. The summed E-state index contributed by atoms with van der Waals surface area (Å²) in [5, 5.41) is 0. The first kappa shape index (κ1) is 14.4. The summed E-state index contributed by atoms with van der Waals surface area (Å²) < 4.78 is 2.40. The lowest BCUT2D eigenvalue weighted by atomic mass is 10.2. The minimum absolute atomic E-state index is 0. The van der Waals surface area contributed by atoms with Crippen LogP contribution in [0, 0.1) is 0 Å². The number of hydrogen-bond donors (Lipinski definition) is 0. The number of hydrogen-bond acceptors (Lipinski definition) is 0. The standard InChI is InChI=1S/C13H22N.ClH/c1-3-5-9-13-10-7-8-12-14(13)11-6-4-2;/h7-8,10,12H,3-6,9,11H2,1-2H3;1H/q+1;/p-1. The first-order chi connectivity index (χ1) is 6.88. The number of aryl methyl sites for hydroxylation is 2. The first-order valence-corrected chi connectivity index (χ1v) is 5.85. The van der Waals surface area contributed by atoms with Gasteiger partial charge in [-0.05, 0) is 6.42 Å². The molecular weight excluding hydrogens is 206 g/mol. The fraction of sp³-hybridized carbons (Fsp3) is 0.615. The van der Waals surface area contributed by atoms with Gasteiger partial charge in [0.15, 0.2) is 11.9 Å². The molecule has 0 aliphatic rings. The lowest BCUT2D eigenvalue weighted by Crippen LogP contribution is -3.00. The van der Waals surface area contributed by atoms with Crippen LogP contribution in [-0.2, 0) is 13.0 Å². The smallest absolute Gasteiger partial charge is 0.181 e. The van der Waals surface area contributed by atoms with Gasteiger partial charge in [0, 0.05) is 25.0 Å². The highest BCUT2D eigenvalue weighted by atomic mass is 35.5. The fourth-order valence-corrected chi connectivity index (χ4v) is 1.64. The Hall–Kier alpha value is -0.560. The average molecular weight is 228 g/mol. The Morgan fingerprint density at radius 1 is 1.07 bits per heavy atom. The molecule has 0 fully saturated rings. The average Bonchev–Trinajstić information content (AvgIpc) is 2.24. The zero-order valence-electron chi connectivity index (χ0n) is 9.88. The van der Waals surface area contributed by atoms with Crippen LogP contribution in [0.15, 0.2) is 24.4 Å². The monoisotopic (exact) mass is 227 g/mol. The highest BCUT2D eigenvalue weighted by Crippen LogP contribution is 2.00. The van der Waals surface area contributed by atoms with Gasteiger partial charge in [-0.15, -0.1) is 0 Å². The van der Waals surface area contributed by atoms with Crippen LogP contribution in [0.4, 0.5) is 0 Å². The molecule has 2 heteroatoms. The van der Waals surface area contributed by atoms with Crippen LogP contribution in [0.5, 0.6) is 0 Å². The summed E-state index contributed by atoms with van der Waals surface area (Å²) in [5.41, 5.74) is 1.49. The Balaban J connectivity index is 0.00000196. The molecular formula is C13H22ClN. The number of halogens is 1. The lowest BCUT2D eigenvalue weighted by molar-refractivity contribution is -0.704. The van der Waals surface area contributed by atoms with E-state index < -0.39 is 0 Å². The quantitative estimate of drug-likeness (QED) is 0.608. The van der Waals surface area contributed by atoms with E-state index in [9.17, 15) is 0 Å². The van der Waals surface area contributed by atoms with Crippen LogP contribution >= 0.6 is 0 Å². The minimum atomic E-state index is 0. The molecule has 0 saturated carbocycles. The molecule has 0 amide bonds. The predicted molar refractivity (Wildman–Crippen MR) is 60.2 cm³/mol. The summed E-state index contributed by atoms with van der Waals surface area (Å²) in [6.07, 6.45) is 8.57. The highest BCUT2D eigenvalue weighted by Gasteiger charge is 2.07. The fourth-order valence-electron chi connectivity index (χ4n) is 1.64. The molecule has 1 nitrogen and oxygen atoms in total. The Labute approximate surface area is 99.9 Å². The van der Waals surface area contributed by atoms with Crippen LogP contribution in [0.25, 0.3) is 0 Å². The number of unbranched alkanes of at least 4 members (excludes halogenated alkanes) is 2. The molecule has 0 saturated heterocycles. The molecule has 86 valence electrons. The zero-order valence-corrected chi connectivity index (χ0v) is 10.6. The number of rotatable bonds is 6. The van der Waals surface area contributed by atoms with Crippen molar-refractivity contribution in [2.75, 3.05) is 0 Å². The lowest BCUT2D eigenvalue weighted by Gasteiger charge is -2.02. The predicted octanol–water partition coefficient (Wildman–Crippen LogP) is 0.121. The van der Waals surface area contributed by atoms with E-state index in [1.807, 2.05) is 0 Å². The Bertz CT molecular complexity index is 233. The maximum atomic E-state index is 2.40. The van der Waals surface area contributed by atoms with E-state index in [2.05, 4.69) is 42.8 Å². The van der Waals surface area contributed by atoms with E-state index in [4.69, 9.17) is 0 Å². The molecule has 1 rings (SSSR count). The topological polar surface area (TPSA) is 3.88 Å². The van der Waals surface area contributed by atoms with Crippen molar-refractivity contribution in [3.63, 3.8) is 0 Å². The molecule has 1 heterocycles. The molecule has 0 unspecified atom stereocenters. The molecule has 1 aromatic heterocycles. The SMILES string of the molecule is CCCCc1cccc[n+]1CCCC.[Cl-]. The van der Waals surface area contributed by atoms with Gasteiger partial charge >= 0.3 is 0 Å². The second kappa shape index (κ2) is 8.72. The number of nitrogens with zero attached hydrogens (tertiary/aromatic N) is 1. The Morgan fingerprint density at radius 2 is 1.80 bits per heavy atom. The molecule has 0 aromatic carbocycles. The van der Waals surface area contributed by atoms with Gasteiger partial charge in [0.05, 0.1) is 0 Å². The van der Waals surface area contributed by atoms with Gasteiger partial charge in [-0.25, -0.2) is 4.57 Å².